The van der Waals surface area contributed by atoms with E-state index in [9.17, 15) is 9.59 Å². The van der Waals surface area contributed by atoms with Gasteiger partial charge in [0.25, 0.3) is 0 Å². The number of amides is 1. The second kappa shape index (κ2) is 6.18. The van der Waals surface area contributed by atoms with Crippen LogP contribution >= 0.6 is 0 Å². The van der Waals surface area contributed by atoms with E-state index in [4.69, 9.17) is 9.84 Å². The molecule has 18 heavy (non-hydrogen) atoms. The summed E-state index contributed by atoms with van der Waals surface area (Å²) in [5.74, 6) is -0.545. The summed E-state index contributed by atoms with van der Waals surface area (Å²) in [7, 11) is 0. The molecule has 0 radical (unpaired) electrons. The average molecular weight is 255 g/mol. The number of hydrogen-bond acceptors (Lipinski definition) is 3. The van der Waals surface area contributed by atoms with Crippen molar-refractivity contribution in [3.63, 3.8) is 0 Å². The first-order valence-electron chi connectivity index (χ1n) is 6.75. The fourth-order valence-electron chi connectivity index (χ4n) is 2.70. The molecular weight excluding hydrogens is 234 g/mol. The Labute approximate surface area is 107 Å². The van der Waals surface area contributed by atoms with Crippen molar-refractivity contribution in [1.82, 2.24) is 4.90 Å². The predicted octanol–water partition coefficient (Wildman–Crippen LogP) is 1.13. The second-order valence-corrected chi connectivity index (χ2v) is 5.29. The van der Waals surface area contributed by atoms with E-state index < -0.39 is 5.97 Å². The minimum atomic E-state index is -0.781. The van der Waals surface area contributed by atoms with Gasteiger partial charge in [-0.05, 0) is 31.6 Å². The molecular formula is C13H21NO4. The first-order chi connectivity index (χ1) is 8.66. The van der Waals surface area contributed by atoms with Gasteiger partial charge in [-0.3, -0.25) is 9.59 Å². The fraction of sp³-hybridized carbons (Fsp3) is 0.846. The predicted molar refractivity (Wildman–Crippen MR) is 65.1 cm³/mol. The third kappa shape index (κ3) is 3.45. The molecule has 2 saturated heterocycles. The van der Waals surface area contributed by atoms with E-state index in [1.165, 1.54) is 0 Å². The minimum absolute atomic E-state index is 0.104. The van der Waals surface area contributed by atoms with E-state index in [2.05, 4.69) is 0 Å². The highest BCUT2D eigenvalue weighted by atomic mass is 16.5. The van der Waals surface area contributed by atoms with Crippen LogP contribution in [0.4, 0.5) is 0 Å². The van der Waals surface area contributed by atoms with Crippen LogP contribution in [-0.4, -0.2) is 48.2 Å². The number of carbonyl (C=O) groups excluding carboxylic acids is 1. The second-order valence-electron chi connectivity index (χ2n) is 5.29. The standard InChI is InChI=1S/C13H21NO4/c15-12(4-3-10-5-7-18-9-10)14-6-1-2-11(8-14)13(16)17/h10-11H,1-9H2,(H,16,17). The maximum Gasteiger partial charge on any atom is 0.308 e. The molecule has 5 heteroatoms. The quantitative estimate of drug-likeness (QED) is 0.817. The Balaban J connectivity index is 1.75. The Bertz CT molecular complexity index is 312. The van der Waals surface area contributed by atoms with E-state index in [1.54, 1.807) is 4.90 Å². The Morgan fingerprint density at radius 2 is 2.17 bits per heavy atom. The average Bonchev–Trinajstić information content (AvgIpc) is 2.89. The molecule has 2 fully saturated rings. The Morgan fingerprint density at radius 3 is 2.83 bits per heavy atom. The molecule has 0 bridgehead atoms. The highest BCUT2D eigenvalue weighted by molar-refractivity contribution is 5.78. The molecule has 1 N–H and O–H groups in total. The zero-order chi connectivity index (χ0) is 13.0. The molecule has 102 valence electrons. The van der Waals surface area contributed by atoms with Crippen molar-refractivity contribution in [1.29, 1.82) is 0 Å². The summed E-state index contributed by atoms with van der Waals surface area (Å²) in [5.41, 5.74) is 0. The highest BCUT2D eigenvalue weighted by Crippen LogP contribution is 2.21. The number of aliphatic carboxylic acids is 1. The number of carboxylic acid groups (broad SMARTS) is 1. The lowest BCUT2D eigenvalue weighted by molar-refractivity contribution is -0.145. The smallest absolute Gasteiger partial charge is 0.308 e. The van der Waals surface area contributed by atoms with E-state index in [-0.39, 0.29) is 11.8 Å². The lowest BCUT2D eigenvalue weighted by Gasteiger charge is -2.31. The van der Waals surface area contributed by atoms with E-state index in [0.717, 1.165) is 32.5 Å². The van der Waals surface area contributed by atoms with Crippen LogP contribution < -0.4 is 0 Å². The van der Waals surface area contributed by atoms with Gasteiger partial charge in [0, 0.05) is 32.7 Å². The molecule has 0 spiro atoms. The summed E-state index contributed by atoms with van der Waals surface area (Å²) >= 11 is 0. The number of hydrogen-bond donors (Lipinski definition) is 1. The Morgan fingerprint density at radius 1 is 1.33 bits per heavy atom. The van der Waals surface area contributed by atoms with Gasteiger partial charge >= 0.3 is 5.97 Å². The van der Waals surface area contributed by atoms with Gasteiger partial charge in [-0.25, -0.2) is 0 Å². The van der Waals surface area contributed by atoms with Crippen LogP contribution in [0.15, 0.2) is 0 Å². The van der Waals surface area contributed by atoms with E-state index in [1.807, 2.05) is 0 Å². The third-order valence-corrected chi connectivity index (χ3v) is 3.91. The molecule has 0 saturated carbocycles. The van der Waals surface area contributed by atoms with Gasteiger partial charge in [-0.1, -0.05) is 0 Å². The van der Waals surface area contributed by atoms with Crippen molar-refractivity contribution < 1.29 is 19.4 Å². The summed E-state index contributed by atoms with van der Waals surface area (Å²) in [6.45, 7) is 2.67. The molecule has 2 unspecified atom stereocenters. The highest BCUT2D eigenvalue weighted by Gasteiger charge is 2.28. The van der Waals surface area contributed by atoms with E-state index in [0.29, 0.717) is 31.8 Å². The van der Waals surface area contributed by atoms with Crippen molar-refractivity contribution in [3.8, 4) is 0 Å². The molecule has 0 aromatic rings. The van der Waals surface area contributed by atoms with Crippen molar-refractivity contribution in [2.75, 3.05) is 26.3 Å². The molecule has 2 heterocycles. The number of carbonyl (C=O) groups is 2. The number of piperidine rings is 1. The number of ether oxygens (including phenoxy) is 1. The van der Waals surface area contributed by atoms with Crippen molar-refractivity contribution in [2.24, 2.45) is 11.8 Å². The summed E-state index contributed by atoms with van der Waals surface area (Å²) in [6.07, 6.45) is 3.93. The van der Waals surface area contributed by atoms with Gasteiger partial charge < -0.3 is 14.7 Å². The molecule has 0 aromatic heterocycles. The molecule has 2 aliphatic rings. The number of likely N-dealkylation sites (tertiary alicyclic amines) is 1. The molecule has 2 rings (SSSR count). The van der Waals surface area contributed by atoms with Crippen LogP contribution in [0.25, 0.3) is 0 Å². The summed E-state index contributed by atoms with van der Waals surface area (Å²) < 4.78 is 5.28. The van der Waals surface area contributed by atoms with Crippen LogP contribution in [0.5, 0.6) is 0 Å². The molecule has 2 atom stereocenters. The molecule has 0 aliphatic carbocycles. The number of nitrogens with zero attached hydrogens (tertiary/aromatic N) is 1. The fourth-order valence-corrected chi connectivity index (χ4v) is 2.70. The van der Waals surface area contributed by atoms with Crippen LogP contribution in [0, 0.1) is 11.8 Å². The monoisotopic (exact) mass is 255 g/mol. The SMILES string of the molecule is O=C(O)C1CCCN(C(=O)CCC2CCOC2)C1. The lowest BCUT2D eigenvalue weighted by Crippen LogP contribution is -2.42. The number of rotatable bonds is 4. The van der Waals surface area contributed by atoms with E-state index >= 15 is 0 Å². The Kier molecular flexibility index (Phi) is 4.58. The van der Waals surface area contributed by atoms with Crippen LogP contribution in [-0.2, 0) is 14.3 Å². The van der Waals surface area contributed by atoms with Crippen molar-refractivity contribution in [2.45, 2.75) is 32.1 Å². The Hall–Kier alpha value is -1.10. The third-order valence-electron chi connectivity index (χ3n) is 3.91. The first-order valence-corrected chi connectivity index (χ1v) is 6.75. The summed E-state index contributed by atoms with van der Waals surface area (Å²) in [5, 5.41) is 8.99. The molecule has 0 aromatic carbocycles. The van der Waals surface area contributed by atoms with Crippen LogP contribution in [0.1, 0.15) is 32.1 Å². The van der Waals surface area contributed by atoms with Gasteiger partial charge in [-0.15, -0.1) is 0 Å². The van der Waals surface area contributed by atoms with Crippen molar-refractivity contribution in [3.05, 3.63) is 0 Å². The van der Waals surface area contributed by atoms with Gasteiger partial charge in [0.2, 0.25) is 5.91 Å². The van der Waals surface area contributed by atoms with Crippen LogP contribution in [0.2, 0.25) is 0 Å². The summed E-state index contributed by atoms with van der Waals surface area (Å²) in [6, 6.07) is 0. The van der Waals surface area contributed by atoms with Crippen molar-refractivity contribution >= 4 is 11.9 Å². The van der Waals surface area contributed by atoms with Gasteiger partial charge in [0.15, 0.2) is 0 Å². The minimum Gasteiger partial charge on any atom is -0.481 e. The normalized spacial score (nSPS) is 28.3. The molecule has 1 amide bonds. The molecule has 2 aliphatic heterocycles. The zero-order valence-corrected chi connectivity index (χ0v) is 10.6. The summed E-state index contributed by atoms with van der Waals surface area (Å²) in [4.78, 5) is 24.7. The van der Waals surface area contributed by atoms with Gasteiger partial charge in [-0.2, -0.15) is 0 Å². The number of carboxylic acids is 1. The van der Waals surface area contributed by atoms with Gasteiger partial charge in [0.05, 0.1) is 5.92 Å². The zero-order valence-electron chi connectivity index (χ0n) is 10.6. The van der Waals surface area contributed by atoms with Gasteiger partial charge in [0.1, 0.15) is 0 Å². The molecule has 5 nitrogen and oxygen atoms in total. The largest absolute Gasteiger partial charge is 0.481 e. The first kappa shape index (κ1) is 13.3. The maximum absolute atomic E-state index is 12.0. The topological polar surface area (TPSA) is 66.8 Å². The lowest BCUT2D eigenvalue weighted by atomic mass is 9.97. The van der Waals surface area contributed by atoms with Crippen LogP contribution in [0.3, 0.4) is 0 Å². The maximum atomic E-state index is 12.0.